The summed E-state index contributed by atoms with van der Waals surface area (Å²) in [4.78, 5) is 25.5. The Hall–Kier alpha value is -2.24. The Bertz CT molecular complexity index is 533. The second-order valence-electron chi connectivity index (χ2n) is 5.30. The molecule has 1 heterocycles. The molecule has 0 bridgehead atoms. The number of nitrogens with zero attached hydrogens (tertiary/aromatic N) is 1. The Labute approximate surface area is 124 Å². The van der Waals surface area contributed by atoms with Gasteiger partial charge >= 0.3 is 6.09 Å². The molecule has 0 radical (unpaired) electrons. The summed E-state index contributed by atoms with van der Waals surface area (Å²) in [5.41, 5.74) is 7.31. The molecule has 6 heteroatoms. The molecule has 2 amide bonds. The van der Waals surface area contributed by atoms with Crippen LogP contribution in [0.25, 0.3) is 0 Å². The highest BCUT2D eigenvalue weighted by Gasteiger charge is 2.30. The summed E-state index contributed by atoms with van der Waals surface area (Å²) in [5.74, 6) is -0.194. The minimum atomic E-state index is -0.460. The van der Waals surface area contributed by atoms with Crippen LogP contribution in [0.15, 0.2) is 24.3 Å². The van der Waals surface area contributed by atoms with Crippen LogP contribution in [0.4, 0.5) is 10.5 Å². The van der Waals surface area contributed by atoms with Crippen LogP contribution in [0.3, 0.4) is 0 Å². The SMILES string of the molecule is COC(=O)NC1CCN(C(=O)C(C)c2cccc(N)c2)C1. The average molecular weight is 291 g/mol. The number of benzene rings is 1. The highest BCUT2D eigenvalue weighted by molar-refractivity contribution is 5.84. The van der Waals surface area contributed by atoms with Crippen molar-refractivity contribution in [2.45, 2.75) is 25.3 Å². The number of nitrogens with two attached hydrogens (primary N) is 1. The van der Waals surface area contributed by atoms with Gasteiger partial charge < -0.3 is 20.7 Å². The Kier molecular flexibility index (Phi) is 4.67. The van der Waals surface area contributed by atoms with E-state index in [1.54, 1.807) is 11.0 Å². The van der Waals surface area contributed by atoms with Crippen LogP contribution in [0, 0.1) is 0 Å². The summed E-state index contributed by atoms with van der Waals surface area (Å²) < 4.78 is 4.57. The maximum atomic E-state index is 12.5. The summed E-state index contributed by atoms with van der Waals surface area (Å²) in [6, 6.07) is 7.32. The fourth-order valence-electron chi connectivity index (χ4n) is 2.55. The third kappa shape index (κ3) is 3.65. The third-order valence-corrected chi connectivity index (χ3v) is 3.79. The third-order valence-electron chi connectivity index (χ3n) is 3.79. The average Bonchev–Trinajstić information content (AvgIpc) is 2.94. The first-order valence-corrected chi connectivity index (χ1v) is 7.00. The number of carbonyl (C=O) groups excluding carboxylic acids is 2. The lowest BCUT2D eigenvalue weighted by molar-refractivity contribution is -0.131. The number of anilines is 1. The zero-order valence-corrected chi connectivity index (χ0v) is 12.3. The van der Waals surface area contributed by atoms with Crippen molar-refractivity contribution in [2.75, 3.05) is 25.9 Å². The normalized spacial score (nSPS) is 19.1. The van der Waals surface area contributed by atoms with E-state index < -0.39 is 6.09 Å². The van der Waals surface area contributed by atoms with E-state index in [4.69, 9.17) is 5.73 Å². The summed E-state index contributed by atoms with van der Waals surface area (Å²) in [6.07, 6.45) is 0.281. The van der Waals surface area contributed by atoms with Gasteiger partial charge in [0.25, 0.3) is 0 Å². The standard InChI is InChI=1S/C15H21N3O3/c1-10(11-4-3-5-12(16)8-11)14(19)18-7-6-13(9-18)17-15(20)21-2/h3-5,8,10,13H,6-7,9,16H2,1-2H3,(H,17,20). The van der Waals surface area contributed by atoms with Crippen molar-refractivity contribution in [3.63, 3.8) is 0 Å². The Morgan fingerprint density at radius 2 is 2.24 bits per heavy atom. The summed E-state index contributed by atoms with van der Waals surface area (Å²) >= 11 is 0. The Balaban J connectivity index is 1.96. The highest BCUT2D eigenvalue weighted by Crippen LogP contribution is 2.22. The lowest BCUT2D eigenvalue weighted by Crippen LogP contribution is -2.39. The molecular weight excluding hydrogens is 270 g/mol. The molecule has 0 spiro atoms. The number of ether oxygens (including phenoxy) is 1. The molecule has 1 aromatic rings. The lowest BCUT2D eigenvalue weighted by Gasteiger charge is -2.21. The second-order valence-corrected chi connectivity index (χ2v) is 5.30. The van der Waals surface area contributed by atoms with Gasteiger partial charge in [-0.3, -0.25) is 4.79 Å². The van der Waals surface area contributed by atoms with Gasteiger partial charge in [0.15, 0.2) is 0 Å². The van der Waals surface area contributed by atoms with Crippen LogP contribution in [0.1, 0.15) is 24.8 Å². The molecule has 0 saturated carbocycles. The molecule has 0 aliphatic carbocycles. The number of hydrogen-bond donors (Lipinski definition) is 2. The molecule has 2 unspecified atom stereocenters. The van der Waals surface area contributed by atoms with Crippen molar-refractivity contribution in [1.29, 1.82) is 0 Å². The monoisotopic (exact) mass is 291 g/mol. The van der Waals surface area contributed by atoms with Gasteiger partial charge in [-0.2, -0.15) is 0 Å². The van der Waals surface area contributed by atoms with Crippen molar-refractivity contribution in [3.05, 3.63) is 29.8 Å². The maximum absolute atomic E-state index is 12.5. The van der Waals surface area contributed by atoms with Gasteiger partial charge in [0.2, 0.25) is 5.91 Å². The van der Waals surface area contributed by atoms with E-state index >= 15 is 0 Å². The van der Waals surface area contributed by atoms with Crippen LogP contribution < -0.4 is 11.1 Å². The van der Waals surface area contributed by atoms with E-state index in [9.17, 15) is 9.59 Å². The van der Waals surface area contributed by atoms with E-state index in [1.807, 2.05) is 25.1 Å². The Morgan fingerprint density at radius 1 is 1.48 bits per heavy atom. The van der Waals surface area contributed by atoms with Crippen molar-refractivity contribution >= 4 is 17.7 Å². The molecule has 114 valence electrons. The van der Waals surface area contributed by atoms with E-state index in [-0.39, 0.29) is 17.9 Å². The molecule has 3 N–H and O–H groups in total. The van der Waals surface area contributed by atoms with E-state index in [0.717, 1.165) is 12.0 Å². The molecule has 1 aliphatic heterocycles. The van der Waals surface area contributed by atoms with Crippen LogP contribution in [0.5, 0.6) is 0 Å². The summed E-state index contributed by atoms with van der Waals surface area (Å²) in [5, 5.41) is 2.73. The van der Waals surface area contributed by atoms with Gasteiger partial charge in [-0.15, -0.1) is 0 Å². The zero-order valence-electron chi connectivity index (χ0n) is 12.3. The molecule has 2 atom stereocenters. The van der Waals surface area contributed by atoms with Crippen molar-refractivity contribution in [2.24, 2.45) is 0 Å². The van der Waals surface area contributed by atoms with E-state index in [1.165, 1.54) is 7.11 Å². The number of carbonyl (C=O) groups is 2. The first kappa shape index (κ1) is 15.2. The molecule has 1 fully saturated rings. The Morgan fingerprint density at radius 3 is 2.90 bits per heavy atom. The van der Waals surface area contributed by atoms with Gasteiger partial charge in [0.1, 0.15) is 0 Å². The smallest absolute Gasteiger partial charge is 0.407 e. The summed E-state index contributed by atoms with van der Waals surface area (Å²) in [7, 11) is 1.33. The van der Waals surface area contributed by atoms with Crippen molar-refractivity contribution < 1.29 is 14.3 Å². The highest BCUT2D eigenvalue weighted by atomic mass is 16.5. The molecule has 21 heavy (non-hydrogen) atoms. The maximum Gasteiger partial charge on any atom is 0.407 e. The van der Waals surface area contributed by atoms with Crippen molar-refractivity contribution in [3.8, 4) is 0 Å². The zero-order chi connectivity index (χ0) is 15.4. The van der Waals surface area contributed by atoms with Crippen LogP contribution in [-0.4, -0.2) is 43.1 Å². The minimum absolute atomic E-state index is 0.0468. The molecule has 6 nitrogen and oxygen atoms in total. The quantitative estimate of drug-likeness (QED) is 0.823. The topological polar surface area (TPSA) is 84.7 Å². The largest absolute Gasteiger partial charge is 0.453 e. The van der Waals surface area contributed by atoms with Gasteiger partial charge in [0, 0.05) is 18.8 Å². The number of alkyl carbamates (subject to hydrolysis) is 1. The minimum Gasteiger partial charge on any atom is -0.453 e. The number of likely N-dealkylation sites (tertiary alicyclic amines) is 1. The van der Waals surface area contributed by atoms with Crippen LogP contribution >= 0.6 is 0 Å². The molecule has 1 aliphatic rings. The number of hydrogen-bond acceptors (Lipinski definition) is 4. The fraction of sp³-hybridized carbons (Fsp3) is 0.467. The van der Waals surface area contributed by atoms with Gasteiger partial charge in [0.05, 0.1) is 19.1 Å². The van der Waals surface area contributed by atoms with E-state index in [2.05, 4.69) is 10.1 Å². The second kappa shape index (κ2) is 6.47. The number of nitrogen functional groups attached to an aromatic ring is 1. The number of rotatable bonds is 3. The number of amides is 2. The van der Waals surface area contributed by atoms with Gasteiger partial charge in [-0.1, -0.05) is 12.1 Å². The number of methoxy groups -OCH3 is 1. The molecule has 0 aromatic heterocycles. The predicted octanol–water partition coefficient (Wildman–Crippen LogP) is 1.33. The number of nitrogens with one attached hydrogen (secondary N) is 1. The summed E-state index contributed by atoms with van der Waals surface area (Å²) in [6.45, 7) is 3.03. The molecule has 1 aromatic carbocycles. The first-order valence-electron chi connectivity index (χ1n) is 7.00. The van der Waals surface area contributed by atoms with Crippen LogP contribution in [0.2, 0.25) is 0 Å². The fourth-order valence-corrected chi connectivity index (χ4v) is 2.55. The molecular formula is C15H21N3O3. The molecule has 1 saturated heterocycles. The van der Waals surface area contributed by atoms with Gasteiger partial charge in [-0.05, 0) is 31.0 Å². The molecule has 2 rings (SSSR count). The van der Waals surface area contributed by atoms with Crippen molar-refractivity contribution in [1.82, 2.24) is 10.2 Å². The van der Waals surface area contributed by atoms with Gasteiger partial charge in [-0.25, -0.2) is 4.79 Å². The predicted molar refractivity (Wildman–Crippen MR) is 79.8 cm³/mol. The van der Waals surface area contributed by atoms with Crippen LogP contribution in [-0.2, 0) is 9.53 Å². The first-order chi connectivity index (χ1) is 10.0. The van der Waals surface area contributed by atoms with E-state index in [0.29, 0.717) is 18.8 Å². The lowest BCUT2D eigenvalue weighted by atomic mass is 9.99.